The first kappa shape index (κ1) is 12.6. The maximum absolute atomic E-state index is 12.3. The molecule has 1 fully saturated rings. The lowest BCUT2D eigenvalue weighted by Gasteiger charge is -2.17. The molecule has 0 saturated carbocycles. The van der Waals surface area contributed by atoms with Crippen molar-refractivity contribution in [3.05, 3.63) is 33.8 Å². The van der Waals surface area contributed by atoms with Crippen LogP contribution in [0.4, 0.5) is 0 Å². The monoisotopic (exact) mass is 297 g/mol. The molecule has 1 atom stereocenters. The van der Waals surface area contributed by atoms with Crippen molar-refractivity contribution in [2.75, 3.05) is 20.2 Å². The lowest BCUT2D eigenvalue weighted by atomic mass is 10.1. The summed E-state index contributed by atoms with van der Waals surface area (Å²) < 4.78 is 6.14. The number of nitrogens with zero attached hydrogens (tertiary/aromatic N) is 1. The number of halogens is 1. The molecule has 0 radical (unpaired) electrons. The van der Waals surface area contributed by atoms with Crippen molar-refractivity contribution < 1.29 is 9.53 Å². The van der Waals surface area contributed by atoms with E-state index in [1.54, 1.807) is 7.11 Å². The maximum Gasteiger partial charge on any atom is 0.255 e. The largest absolute Gasteiger partial charge is 0.380 e. The van der Waals surface area contributed by atoms with E-state index < -0.39 is 0 Å². The molecule has 1 aromatic carbocycles. The minimum Gasteiger partial charge on any atom is -0.380 e. The fourth-order valence-electron chi connectivity index (χ4n) is 2.07. The van der Waals surface area contributed by atoms with Gasteiger partial charge >= 0.3 is 0 Å². The smallest absolute Gasteiger partial charge is 0.255 e. The van der Waals surface area contributed by atoms with Crippen LogP contribution in [0.1, 0.15) is 22.3 Å². The van der Waals surface area contributed by atoms with Crippen molar-refractivity contribution >= 4 is 21.8 Å². The molecule has 0 spiro atoms. The molecule has 1 aliphatic heterocycles. The number of aryl methyl sites for hydroxylation is 1. The third-order valence-corrected chi connectivity index (χ3v) is 3.78. The second kappa shape index (κ2) is 5.19. The standard InChI is InChI=1S/C13H16BrNO2/c1-9-3-4-11(12(14)7-9)13(16)15-6-5-10(8-15)17-2/h3-4,7,10H,5-6,8H2,1-2H3. The summed E-state index contributed by atoms with van der Waals surface area (Å²) in [4.78, 5) is 14.1. The predicted octanol–water partition coefficient (Wildman–Crippen LogP) is 2.62. The molecular formula is C13H16BrNO2. The molecule has 1 saturated heterocycles. The number of methoxy groups -OCH3 is 1. The second-order valence-electron chi connectivity index (χ2n) is 4.38. The van der Waals surface area contributed by atoms with Gasteiger partial charge in [-0.3, -0.25) is 4.79 Å². The Bertz CT molecular complexity index is 433. The minimum absolute atomic E-state index is 0.0800. The van der Waals surface area contributed by atoms with Gasteiger partial charge in [0.1, 0.15) is 0 Å². The number of amides is 1. The molecule has 1 amide bonds. The molecule has 3 nitrogen and oxygen atoms in total. The van der Waals surface area contributed by atoms with Gasteiger partial charge in [0.2, 0.25) is 0 Å². The number of hydrogen-bond donors (Lipinski definition) is 0. The Morgan fingerprint density at radius 2 is 2.29 bits per heavy atom. The van der Waals surface area contributed by atoms with E-state index >= 15 is 0 Å². The number of carbonyl (C=O) groups is 1. The zero-order chi connectivity index (χ0) is 12.4. The van der Waals surface area contributed by atoms with Crippen molar-refractivity contribution in [3.63, 3.8) is 0 Å². The lowest BCUT2D eigenvalue weighted by Crippen LogP contribution is -2.30. The van der Waals surface area contributed by atoms with Crippen LogP contribution in [0.25, 0.3) is 0 Å². The third-order valence-electron chi connectivity index (χ3n) is 3.12. The average Bonchev–Trinajstić information content (AvgIpc) is 2.76. The van der Waals surface area contributed by atoms with Crippen LogP contribution < -0.4 is 0 Å². The van der Waals surface area contributed by atoms with E-state index in [1.165, 1.54) is 0 Å². The highest BCUT2D eigenvalue weighted by Gasteiger charge is 2.27. The Labute approximate surface area is 110 Å². The van der Waals surface area contributed by atoms with E-state index in [2.05, 4.69) is 15.9 Å². The Kier molecular flexibility index (Phi) is 3.84. The lowest BCUT2D eigenvalue weighted by molar-refractivity contribution is 0.0723. The van der Waals surface area contributed by atoms with Crippen LogP contribution in [0.5, 0.6) is 0 Å². The summed E-state index contributed by atoms with van der Waals surface area (Å²) in [5.41, 5.74) is 1.87. The molecular weight excluding hydrogens is 282 g/mol. The molecule has 0 bridgehead atoms. The summed E-state index contributed by atoms with van der Waals surface area (Å²) in [6.45, 7) is 3.48. The summed E-state index contributed by atoms with van der Waals surface area (Å²) in [6, 6.07) is 5.81. The van der Waals surface area contributed by atoms with Gasteiger partial charge in [-0.2, -0.15) is 0 Å². The summed E-state index contributed by atoms with van der Waals surface area (Å²) in [6.07, 6.45) is 1.11. The molecule has 1 aromatic rings. The van der Waals surface area contributed by atoms with Gasteiger partial charge in [-0.05, 0) is 47.0 Å². The highest BCUT2D eigenvalue weighted by atomic mass is 79.9. The van der Waals surface area contributed by atoms with E-state index in [-0.39, 0.29) is 12.0 Å². The summed E-state index contributed by atoms with van der Waals surface area (Å²) in [5, 5.41) is 0. The number of hydrogen-bond acceptors (Lipinski definition) is 2. The molecule has 1 unspecified atom stereocenters. The van der Waals surface area contributed by atoms with Gasteiger partial charge in [0, 0.05) is 24.7 Å². The van der Waals surface area contributed by atoms with Gasteiger partial charge < -0.3 is 9.64 Å². The molecule has 17 heavy (non-hydrogen) atoms. The predicted molar refractivity (Wildman–Crippen MR) is 70.2 cm³/mol. The Morgan fingerprint density at radius 1 is 1.53 bits per heavy atom. The molecule has 1 heterocycles. The minimum atomic E-state index is 0.0800. The topological polar surface area (TPSA) is 29.5 Å². The number of likely N-dealkylation sites (tertiary alicyclic amines) is 1. The Balaban J connectivity index is 2.15. The van der Waals surface area contributed by atoms with E-state index in [9.17, 15) is 4.79 Å². The van der Waals surface area contributed by atoms with Crippen molar-refractivity contribution in [3.8, 4) is 0 Å². The zero-order valence-electron chi connectivity index (χ0n) is 10.1. The zero-order valence-corrected chi connectivity index (χ0v) is 11.7. The Morgan fingerprint density at radius 3 is 2.88 bits per heavy atom. The van der Waals surface area contributed by atoms with Crippen LogP contribution in [0, 0.1) is 6.92 Å². The molecule has 0 aliphatic carbocycles. The summed E-state index contributed by atoms with van der Waals surface area (Å²) in [5.74, 6) is 0.0800. The van der Waals surface area contributed by atoms with Crippen LogP contribution in [0.3, 0.4) is 0 Å². The number of carbonyl (C=O) groups excluding carboxylic acids is 1. The van der Waals surface area contributed by atoms with Gasteiger partial charge in [0.15, 0.2) is 0 Å². The molecule has 2 rings (SSSR count). The SMILES string of the molecule is COC1CCN(C(=O)c2ccc(C)cc2Br)C1. The average molecular weight is 298 g/mol. The first-order valence-corrected chi connectivity index (χ1v) is 6.49. The van der Waals surface area contributed by atoms with Crippen molar-refractivity contribution in [2.45, 2.75) is 19.4 Å². The first-order chi connectivity index (χ1) is 8.11. The normalized spacial score (nSPS) is 19.7. The molecule has 0 aromatic heterocycles. The van der Waals surface area contributed by atoms with Gasteiger partial charge in [-0.15, -0.1) is 0 Å². The Hall–Kier alpha value is -0.870. The van der Waals surface area contributed by atoms with Gasteiger partial charge in [-0.1, -0.05) is 6.07 Å². The van der Waals surface area contributed by atoms with E-state index in [4.69, 9.17) is 4.74 Å². The van der Waals surface area contributed by atoms with Crippen molar-refractivity contribution in [1.82, 2.24) is 4.90 Å². The van der Waals surface area contributed by atoms with Crippen molar-refractivity contribution in [1.29, 1.82) is 0 Å². The van der Waals surface area contributed by atoms with Crippen LogP contribution in [-0.2, 0) is 4.74 Å². The van der Waals surface area contributed by atoms with Crippen LogP contribution in [0.2, 0.25) is 0 Å². The molecule has 92 valence electrons. The fourth-order valence-corrected chi connectivity index (χ4v) is 2.73. The number of rotatable bonds is 2. The highest BCUT2D eigenvalue weighted by molar-refractivity contribution is 9.10. The summed E-state index contributed by atoms with van der Waals surface area (Å²) in [7, 11) is 1.69. The van der Waals surface area contributed by atoms with Crippen molar-refractivity contribution in [2.24, 2.45) is 0 Å². The number of benzene rings is 1. The van der Waals surface area contributed by atoms with Crippen LogP contribution in [0.15, 0.2) is 22.7 Å². The molecule has 1 aliphatic rings. The molecule has 4 heteroatoms. The quantitative estimate of drug-likeness (QED) is 0.840. The number of ether oxygens (including phenoxy) is 1. The van der Waals surface area contributed by atoms with Crippen LogP contribution in [-0.4, -0.2) is 37.1 Å². The fraction of sp³-hybridized carbons (Fsp3) is 0.462. The van der Waals surface area contributed by atoms with Gasteiger partial charge in [0.25, 0.3) is 5.91 Å². The van der Waals surface area contributed by atoms with E-state index in [1.807, 2.05) is 30.0 Å². The summed E-state index contributed by atoms with van der Waals surface area (Å²) >= 11 is 3.45. The third kappa shape index (κ3) is 2.69. The van der Waals surface area contributed by atoms with E-state index in [0.29, 0.717) is 6.54 Å². The first-order valence-electron chi connectivity index (χ1n) is 5.70. The van der Waals surface area contributed by atoms with E-state index in [0.717, 1.165) is 28.6 Å². The maximum atomic E-state index is 12.3. The van der Waals surface area contributed by atoms with Gasteiger partial charge in [-0.25, -0.2) is 0 Å². The van der Waals surface area contributed by atoms with Crippen LogP contribution >= 0.6 is 15.9 Å². The molecule has 0 N–H and O–H groups in total. The second-order valence-corrected chi connectivity index (χ2v) is 5.24. The van der Waals surface area contributed by atoms with Gasteiger partial charge in [0.05, 0.1) is 11.7 Å². The highest BCUT2D eigenvalue weighted by Crippen LogP contribution is 2.22.